The largest absolute Gasteiger partial charge is 0.493 e. The number of hydrogen-bond donors (Lipinski definition) is 2. The fraction of sp³-hybridized carbons (Fsp3) is 0.250. The van der Waals surface area contributed by atoms with Crippen molar-refractivity contribution in [3.05, 3.63) is 66.0 Å². The average Bonchev–Trinajstić information content (AvgIpc) is 3.13. The summed E-state index contributed by atoms with van der Waals surface area (Å²) >= 11 is 0. The molecule has 3 aromatic rings. The molecule has 2 N–H and O–H groups in total. The van der Waals surface area contributed by atoms with E-state index in [0.717, 1.165) is 24.2 Å². The highest BCUT2D eigenvalue weighted by molar-refractivity contribution is 6.00. The minimum Gasteiger partial charge on any atom is -0.493 e. The minimum atomic E-state index is -0.101. The first-order valence-electron chi connectivity index (χ1n) is 8.75. The SMILES string of the molecule is O=C(NC[C@@H]1CCOc2ccccc2C1)c1ccccc1-c1ncn[nH]1. The van der Waals surface area contributed by atoms with Crippen LogP contribution >= 0.6 is 0 Å². The van der Waals surface area contributed by atoms with Crippen molar-refractivity contribution in [3.8, 4) is 17.1 Å². The number of rotatable bonds is 4. The Morgan fingerprint density at radius 1 is 1.19 bits per heavy atom. The van der Waals surface area contributed by atoms with Gasteiger partial charge < -0.3 is 10.1 Å². The summed E-state index contributed by atoms with van der Waals surface area (Å²) in [5.74, 6) is 1.79. The molecule has 6 nitrogen and oxygen atoms in total. The first kappa shape index (κ1) is 16.3. The second-order valence-electron chi connectivity index (χ2n) is 6.40. The summed E-state index contributed by atoms with van der Waals surface area (Å²) < 4.78 is 5.81. The van der Waals surface area contributed by atoms with Crippen molar-refractivity contribution in [2.45, 2.75) is 12.8 Å². The van der Waals surface area contributed by atoms with Gasteiger partial charge in [0.05, 0.1) is 12.2 Å². The molecule has 0 radical (unpaired) electrons. The van der Waals surface area contributed by atoms with Gasteiger partial charge >= 0.3 is 0 Å². The molecule has 1 amide bonds. The maximum atomic E-state index is 12.7. The van der Waals surface area contributed by atoms with Crippen LogP contribution in [0.3, 0.4) is 0 Å². The van der Waals surface area contributed by atoms with Gasteiger partial charge in [-0.3, -0.25) is 9.89 Å². The van der Waals surface area contributed by atoms with Crippen LogP contribution in [0, 0.1) is 5.92 Å². The Morgan fingerprint density at radius 2 is 2.04 bits per heavy atom. The van der Waals surface area contributed by atoms with Crippen LogP contribution in [-0.4, -0.2) is 34.2 Å². The van der Waals surface area contributed by atoms with Crippen molar-refractivity contribution in [1.82, 2.24) is 20.5 Å². The number of amides is 1. The number of nitrogens with one attached hydrogen (secondary N) is 2. The Bertz CT molecular complexity index is 892. The molecular formula is C20H20N4O2. The monoisotopic (exact) mass is 348 g/mol. The summed E-state index contributed by atoms with van der Waals surface area (Å²) in [5.41, 5.74) is 2.54. The molecule has 26 heavy (non-hydrogen) atoms. The predicted molar refractivity (Wildman–Crippen MR) is 97.9 cm³/mol. The highest BCUT2D eigenvalue weighted by Gasteiger charge is 2.19. The van der Waals surface area contributed by atoms with Gasteiger partial charge in [-0.25, -0.2) is 4.98 Å². The third-order valence-corrected chi connectivity index (χ3v) is 4.66. The quantitative estimate of drug-likeness (QED) is 0.760. The maximum absolute atomic E-state index is 12.7. The van der Waals surface area contributed by atoms with Gasteiger partial charge in [0, 0.05) is 12.1 Å². The standard InChI is InChI=1S/C20H20N4O2/c25-20(17-7-3-2-6-16(17)19-22-13-23-24-19)21-12-14-9-10-26-18-8-4-1-5-15(18)11-14/h1-8,13-14H,9-12H2,(H,21,25)(H,22,23,24)/t14-/m1/s1. The number of para-hydroxylation sites is 1. The molecule has 4 rings (SSSR count). The van der Waals surface area contributed by atoms with E-state index in [4.69, 9.17) is 4.74 Å². The normalized spacial score (nSPS) is 16.2. The van der Waals surface area contributed by atoms with Gasteiger partial charge in [0.2, 0.25) is 0 Å². The van der Waals surface area contributed by atoms with Crippen LogP contribution in [0.4, 0.5) is 0 Å². The molecule has 6 heteroatoms. The number of H-pyrrole nitrogens is 1. The Hall–Kier alpha value is -3.15. The second-order valence-corrected chi connectivity index (χ2v) is 6.40. The number of hydrogen-bond acceptors (Lipinski definition) is 4. The number of aromatic amines is 1. The van der Waals surface area contributed by atoms with Gasteiger partial charge in [-0.1, -0.05) is 36.4 Å². The lowest BCUT2D eigenvalue weighted by atomic mass is 9.96. The number of ether oxygens (including phenoxy) is 1. The van der Waals surface area contributed by atoms with Crippen LogP contribution in [0.5, 0.6) is 5.75 Å². The van der Waals surface area contributed by atoms with E-state index in [9.17, 15) is 4.79 Å². The van der Waals surface area contributed by atoms with E-state index in [1.54, 1.807) is 6.07 Å². The van der Waals surface area contributed by atoms with E-state index in [0.29, 0.717) is 30.5 Å². The number of carbonyl (C=O) groups is 1. The molecule has 0 saturated carbocycles. The molecule has 2 heterocycles. The van der Waals surface area contributed by atoms with Gasteiger partial charge in [0.25, 0.3) is 5.91 Å². The zero-order chi connectivity index (χ0) is 17.8. The van der Waals surface area contributed by atoms with Crippen LogP contribution < -0.4 is 10.1 Å². The van der Waals surface area contributed by atoms with Gasteiger partial charge in [-0.15, -0.1) is 0 Å². The number of aromatic nitrogens is 3. The fourth-order valence-corrected chi connectivity index (χ4v) is 3.29. The molecular weight excluding hydrogens is 328 g/mol. The van der Waals surface area contributed by atoms with Crippen LogP contribution in [-0.2, 0) is 6.42 Å². The van der Waals surface area contributed by atoms with Gasteiger partial charge in [-0.05, 0) is 36.5 Å². The number of benzene rings is 2. The Labute approximate surface area is 151 Å². The van der Waals surface area contributed by atoms with E-state index in [1.807, 2.05) is 36.4 Å². The third-order valence-electron chi connectivity index (χ3n) is 4.66. The lowest BCUT2D eigenvalue weighted by Gasteiger charge is -2.15. The van der Waals surface area contributed by atoms with E-state index in [2.05, 4.69) is 26.6 Å². The lowest BCUT2D eigenvalue weighted by Crippen LogP contribution is -2.30. The second kappa shape index (κ2) is 7.39. The van der Waals surface area contributed by atoms with E-state index >= 15 is 0 Å². The molecule has 0 aliphatic carbocycles. The molecule has 1 aromatic heterocycles. The van der Waals surface area contributed by atoms with Crippen LogP contribution in [0.25, 0.3) is 11.4 Å². The van der Waals surface area contributed by atoms with Crippen LogP contribution in [0.15, 0.2) is 54.9 Å². The van der Waals surface area contributed by atoms with Crippen LogP contribution in [0.1, 0.15) is 22.3 Å². The van der Waals surface area contributed by atoms with E-state index in [1.165, 1.54) is 11.9 Å². The average molecular weight is 348 g/mol. The molecule has 0 fully saturated rings. The molecule has 132 valence electrons. The zero-order valence-corrected chi connectivity index (χ0v) is 14.3. The number of nitrogens with zero attached hydrogens (tertiary/aromatic N) is 2. The lowest BCUT2D eigenvalue weighted by molar-refractivity contribution is 0.0946. The molecule has 0 spiro atoms. The Morgan fingerprint density at radius 3 is 2.92 bits per heavy atom. The molecule has 2 aromatic carbocycles. The van der Waals surface area contributed by atoms with Crippen molar-refractivity contribution in [2.75, 3.05) is 13.2 Å². The topological polar surface area (TPSA) is 79.9 Å². The zero-order valence-electron chi connectivity index (χ0n) is 14.3. The summed E-state index contributed by atoms with van der Waals surface area (Å²) in [4.78, 5) is 16.9. The van der Waals surface area contributed by atoms with Crippen molar-refractivity contribution < 1.29 is 9.53 Å². The van der Waals surface area contributed by atoms with Gasteiger partial charge in [0.1, 0.15) is 12.1 Å². The molecule has 0 saturated heterocycles. The third kappa shape index (κ3) is 3.44. The fourth-order valence-electron chi connectivity index (χ4n) is 3.29. The maximum Gasteiger partial charge on any atom is 0.252 e. The molecule has 1 aliphatic heterocycles. The highest BCUT2D eigenvalue weighted by atomic mass is 16.5. The predicted octanol–water partition coefficient (Wildman–Crippen LogP) is 2.84. The summed E-state index contributed by atoms with van der Waals surface area (Å²) in [6, 6.07) is 15.5. The smallest absolute Gasteiger partial charge is 0.252 e. The Kier molecular flexibility index (Phi) is 4.64. The molecule has 0 unspecified atom stereocenters. The van der Waals surface area contributed by atoms with Crippen molar-refractivity contribution in [1.29, 1.82) is 0 Å². The summed E-state index contributed by atoms with van der Waals surface area (Å²) in [6.45, 7) is 1.29. The number of fused-ring (bicyclic) bond motifs is 1. The van der Waals surface area contributed by atoms with Gasteiger partial charge in [-0.2, -0.15) is 5.10 Å². The van der Waals surface area contributed by atoms with Crippen molar-refractivity contribution in [3.63, 3.8) is 0 Å². The minimum absolute atomic E-state index is 0.101. The summed E-state index contributed by atoms with van der Waals surface area (Å²) in [7, 11) is 0. The molecule has 0 bridgehead atoms. The number of carbonyl (C=O) groups excluding carboxylic acids is 1. The van der Waals surface area contributed by atoms with Crippen molar-refractivity contribution >= 4 is 5.91 Å². The van der Waals surface area contributed by atoms with E-state index < -0.39 is 0 Å². The highest BCUT2D eigenvalue weighted by Crippen LogP contribution is 2.26. The van der Waals surface area contributed by atoms with E-state index in [-0.39, 0.29) is 5.91 Å². The van der Waals surface area contributed by atoms with Crippen molar-refractivity contribution in [2.24, 2.45) is 5.92 Å². The molecule has 1 aliphatic rings. The summed E-state index contributed by atoms with van der Waals surface area (Å²) in [6.07, 6.45) is 3.26. The van der Waals surface area contributed by atoms with Gasteiger partial charge in [0.15, 0.2) is 5.82 Å². The Balaban J connectivity index is 1.45. The van der Waals surface area contributed by atoms with Crippen LogP contribution in [0.2, 0.25) is 0 Å². The first-order chi connectivity index (χ1) is 12.8. The molecule has 1 atom stereocenters. The summed E-state index contributed by atoms with van der Waals surface area (Å²) in [5, 5.41) is 9.76. The first-order valence-corrected chi connectivity index (χ1v) is 8.75.